The molecule has 1 heterocycles. The second-order valence-electron chi connectivity index (χ2n) is 3.47. The van der Waals surface area contributed by atoms with Crippen molar-refractivity contribution in [2.24, 2.45) is 0 Å². The molecule has 0 aliphatic heterocycles. The van der Waals surface area contributed by atoms with E-state index in [4.69, 9.17) is 27.9 Å². The molecular weight excluding hydrogens is 341 g/mol. The quantitative estimate of drug-likeness (QED) is 0.751. The molecule has 0 atom stereocenters. The average molecular weight is 349 g/mol. The summed E-state index contributed by atoms with van der Waals surface area (Å²) in [7, 11) is 0. The first kappa shape index (κ1) is 13.6. The van der Waals surface area contributed by atoms with Crippen molar-refractivity contribution in [1.82, 2.24) is 4.98 Å². The number of esters is 1. The smallest absolute Gasteiger partial charge is 0.358 e. The fourth-order valence-corrected chi connectivity index (χ4v) is 2.33. The fraction of sp³-hybridized carbons (Fsp3) is 0.167. The number of carbonyl (C=O) groups is 1. The number of benzene rings is 1. The van der Waals surface area contributed by atoms with E-state index in [1.54, 1.807) is 19.1 Å². The molecule has 0 unspecified atom stereocenters. The molecule has 0 saturated carbocycles. The van der Waals surface area contributed by atoms with Crippen molar-refractivity contribution in [3.05, 3.63) is 38.4 Å². The number of ether oxygens (including phenoxy) is 1. The fourth-order valence-electron chi connectivity index (χ4n) is 1.51. The Morgan fingerprint density at radius 3 is 2.78 bits per heavy atom. The molecule has 6 heteroatoms. The zero-order valence-corrected chi connectivity index (χ0v) is 12.4. The summed E-state index contributed by atoms with van der Waals surface area (Å²) in [5.41, 5.74) is 0.633. The van der Waals surface area contributed by atoms with Gasteiger partial charge in [0.2, 0.25) is 0 Å². The Kier molecular flexibility index (Phi) is 4.10. The van der Waals surface area contributed by atoms with E-state index in [1.165, 1.54) is 0 Å². The topological polar surface area (TPSA) is 39.2 Å². The van der Waals surface area contributed by atoms with Crippen LogP contribution in [0, 0.1) is 0 Å². The predicted molar refractivity (Wildman–Crippen MR) is 75.4 cm³/mol. The molecule has 2 rings (SSSR count). The zero-order valence-electron chi connectivity index (χ0n) is 9.34. The van der Waals surface area contributed by atoms with Crippen molar-refractivity contribution < 1.29 is 9.53 Å². The van der Waals surface area contributed by atoms with Gasteiger partial charge in [0.15, 0.2) is 5.69 Å². The zero-order chi connectivity index (χ0) is 13.3. The number of pyridine rings is 1. The maximum atomic E-state index is 11.7. The highest BCUT2D eigenvalue weighted by molar-refractivity contribution is 9.10. The van der Waals surface area contributed by atoms with Crippen molar-refractivity contribution in [1.29, 1.82) is 0 Å². The lowest BCUT2D eigenvalue weighted by Crippen LogP contribution is -2.08. The van der Waals surface area contributed by atoms with E-state index in [1.807, 2.05) is 6.07 Å². The summed E-state index contributed by atoms with van der Waals surface area (Å²) in [5, 5.41) is 1.09. The number of aromatic nitrogens is 1. The summed E-state index contributed by atoms with van der Waals surface area (Å²) < 4.78 is 5.74. The normalized spacial score (nSPS) is 10.7. The molecule has 94 valence electrons. The van der Waals surface area contributed by atoms with E-state index >= 15 is 0 Å². The van der Waals surface area contributed by atoms with Crippen LogP contribution in [-0.4, -0.2) is 17.6 Å². The SMILES string of the molecule is CCOC(=O)c1nc2ccc(Br)cc2c(Cl)c1Cl. The second-order valence-corrected chi connectivity index (χ2v) is 5.14. The van der Waals surface area contributed by atoms with Gasteiger partial charge in [-0.25, -0.2) is 9.78 Å². The first-order chi connectivity index (χ1) is 8.54. The molecule has 0 fully saturated rings. The molecule has 1 aromatic carbocycles. The highest BCUT2D eigenvalue weighted by Crippen LogP contribution is 2.33. The Morgan fingerprint density at radius 2 is 2.11 bits per heavy atom. The minimum atomic E-state index is -0.575. The predicted octanol–water partition coefficient (Wildman–Crippen LogP) is 4.48. The highest BCUT2D eigenvalue weighted by Gasteiger charge is 2.19. The van der Waals surface area contributed by atoms with Crippen molar-refractivity contribution in [2.75, 3.05) is 6.61 Å². The van der Waals surface area contributed by atoms with Gasteiger partial charge < -0.3 is 4.74 Å². The molecular formula is C12H8BrCl2NO2. The van der Waals surface area contributed by atoms with Gasteiger partial charge in [0.1, 0.15) is 0 Å². The van der Waals surface area contributed by atoms with E-state index in [9.17, 15) is 4.79 Å². The molecule has 0 bridgehead atoms. The summed E-state index contributed by atoms with van der Waals surface area (Å²) in [6, 6.07) is 5.37. The van der Waals surface area contributed by atoms with E-state index in [0.29, 0.717) is 15.9 Å². The van der Waals surface area contributed by atoms with Crippen LogP contribution < -0.4 is 0 Å². The highest BCUT2D eigenvalue weighted by atomic mass is 79.9. The summed E-state index contributed by atoms with van der Waals surface area (Å²) in [6.07, 6.45) is 0. The van der Waals surface area contributed by atoms with Gasteiger partial charge in [0.25, 0.3) is 0 Å². The minimum Gasteiger partial charge on any atom is -0.461 e. The van der Waals surface area contributed by atoms with Gasteiger partial charge in [0, 0.05) is 9.86 Å². The van der Waals surface area contributed by atoms with Crippen molar-refractivity contribution >= 4 is 56.0 Å². The van der Waals surface area contributed by atoms with Crippen molar-refractivity contribution in [3.8, 4) is 0 Å². The molecule has 0 N–H and O–H groups in total. The Labute approximate surface area is 122 Å². The molecule has 3 nitrogen and oxygen atoms in total. The molecule has 1 aromatic heterocycles. The van der Waals surface area contributed by atoms with Crippen LogP contribution in [0.3, 0.4) is 0 Å². The van der Waals surface area contributed by atoms with Crippen LogP contribution in [0.4, 0.5) is 0 Å². The van der Waals surface area contributed by atoms with Gasteiger partial charge in [-0.2, -0.15) is 0 Å². The van der Waals surface area contributed by atoms with Crippen LogP contribution in [-0.2, 0) is 4.74 Å². The van der Waals surface area contributed by atoms with E-state index in [-0.39, 0.29) is 17.3 Å². The van der Waals surface area contributed by atoms with Gasteiger partial charge in [-0.05, 0) is 25.1 Å². The summed E-state index contributed by atoms with van der Waals surface area (Å²) in [4.78, 5) is 15.9. The lowest BCUT2D eigenvalue weighted by Gasteiger charge is -2.08. The third kappa shape index (κ3) is 2.46. The van der Waals surface area contributed by atoms with Crippen LogP contribution in [0.15, 0.2) is 22.7 Å². The molecule has 0 aliphatic carbocycles. The van der Waals surface area contributed by atoms with Gasteiger partial charge in [-0.1, -0.05) is 39.1 Å². The summed E-state index contributed by atoms with van der Waals surface area (Å²) >= 11 is 15.5. The largest absolute Gasteiger partial charge is 0.461 e. The number of nitrogens with zero attached hydrogens (tertiary/aromatic N) is 1. The molecule has 0 radical (unpaired) electrons. The maximum Gasteiger partial charge on any atom is 0.358 e. The monoisotopic (exact) mass is 347 g/mol. The van der Waals surface area contributed by atoms with Crippen LogP contribution >= 0.6 is 39.1 Å². The molecule has 0 spiro atoms. The standard InChI is InChI=1S/C12H8BrCl2NO2/c1-2-18-12(17)11-10(15)9(14)7-5-6(13)3-4-8(7)16-11/h3-5H,2H2,1H3. The number of hydrogen-bond donors (Lipinski definition) is 0. The van der Waals surface area contributed by atoms with Gasteiger partial charge in [-0.3, -0.25) is 0 Å². The lowest BCUT2D eigenvalue weighted by atomic mass is 10.2. The number of carbonyl (C=O) groups excluding carboxylic acids is 1. The van der Waals surface area contributed by atoms with E-state index in [0.717, 1.165) is 4.47 Å². The van der Waals surface area contributed by atoms with Crippen molar-refractivity contribution in [3.63, 3.8) is 0 Å². The first-order valence-electron chi connectivity index (χ1n) is 5.16. The number of hydrogen-bond acceptors (Lipinski definition) is 3. The second kappa shape index (κ2) is 5.43. The molecule has 18 heavy (non-hydrogen) atoms. The van der Waals surface area contributed by atoms with Gasteiger partial charge in [-0.15, -0.1) is 0 Å². The number of fused-ring (bicyclic) bond motifs is 1. The van der Waals surface area contributed by atoms with Crippen LogP contribution in [0.2, 0.25) is 10.0 Å². The Morgan fingerprint density at radius 1 is 1.39 bits per heavy atom. The van der Waals surface area contributed by atoms with E-state index in [2.05, 4.69) is 20.9 Å². The van der Waals surface area contributed by atoms with E-state index < -0.39 is 5.97 Å². The molecule has 0 amide bonds. The number of rotatable bonds is 2. The van der Waals surface area contributed by atoms with Crippen LogP contribution in [0.25, 0.3) is 10.9 Å². The Balaban J connectivity index is 2.67. The summed E-state index contributed by atoms with van der Waals surface area (Å²) in [6.45, 7) is 1.97. The average Bonchev–Trinajstić information content (AvgIpc) is 2.34. The lowest BCUT2D eigenvalue weighted by molar-refractivity contribution is 0.0520. The van der Waals surface area contributed by atoms with Gasteiger partial charge in [0.05, 0.1) is 22.2 Å². The molecule has 2 aromatic rings. The third-order valence-electron chi connectivity index (χ3n) is 2.30. The number of halogens is 3. The Bertz CT molecular complexity index is 631. The van der Waals surface area contributed by atoms with Crippen LogP contribution in [0.1, 0.15) is 17.4 Å². The maximum absolute atomic E-state index is 11.7. The van der Waals surface area contributed by atoms with Crippen LogP contribution in [0.5, 0.6) is 0 Å². The molecule has 0 saturated heterocycles. The summed E-state index contributed by atoms with van der Waals surface area (Å²) in [5.74, 6) is -0.575. The molecule has 0 aliphatic rings. The Hall–Kier alpha value is -0.840. The minimum absolute atomic E-state index is 0.0401. The third-order valence-corrected chi connectivity index (χ3v) is 3.65. The van der Waals surface area contributed by atoms with Crippen molar-refractivity contribution in [2.45, 2.75) is 6.92 Å². The first-order valence-corrected chi connectivity index (χ1v) is 6.71. The van der Waals surface area contributed by atoms with Gasteiger partial charge >= 0.3 is 5.97 Å².